The first-order chi connectivity index (χ1) is 9.19. The van der Waals surface area contributed by atoms with Gasteiger partial charge in [-0.3, -0.25) is 15.1 Å². The van der Waals surface area contributed by atoms with E-state index in [1.54, 1.807) is 19.4 Å². The minimum absolute atomic E-state index is 0.0593. The summed E-state index contributed by atoms with van der Waals surface area (Å²) in [5, 5.41) is 16.9. The van der Waals surface area contributed by atoms with E-state index in [-0.39, 0.29) is 5.69 Å². The van der Waals surface area contributed by atoms with E-state index in [4.69, 9.17) is 0 Å². The first-order valence-electron chi connectivity index (χ1n) is 5.79. The fourth-order valence-electron chi connectivity index (χ4n) is 1.67. The van der Waals surface area contributed by atoms with Crippen LogP contribution in [0.3, 0.4) is 0 Å². The molecule has 0 bridgehead atoms. The lowest BCUT2D eigenvalue weighted by Crippen LogP contribution is -2.01. The van der Waals surface area contributed by atoms with Crippen LogP contribution in [0.25, 0.3) is 0 Å². The van der Waals surface area contributed by atoms with Crippen molar-refractivity contribution in [2.45, 2.75) is 6.54 Å². The number of pyridine rings is 1. The maximum atomic E-state index is 10.8. The molecule has 0 saturated heterocycles. The van der Waals surface area contributed by atoms with E-state index >= 15 is 0 Å². The number of non-ortho nitro benzene ring substituents is 1. The number of nitro benzene ring substituents is 1. The van der Waals surface area contributed by atoms with Crippen molar-refractivity contribution in [1.82, 2.24) is 4.98 Å². The fourth-order valence-corrected chi connectivity index (χ4v) is 1.67. The maximum absolute atomic E-state index is 10.8. The van der Waals surface area contributed by atoms with Gasteiger partial charge in [0.1, 0.15) is 0 Å². The Kier molecular flexibility index (Phi) is 3.92. The molecule has 19 heavy (non-hydrogen) atoms. The summed E-state index contributed by atoms with van der Waals surface area (Å²) in [6.45, 7) is 0.590. The summed E-state index contributed by atoms with van der Waals surface area (Å²) < 4.78 is 0. The second-order valence-electron chi connectivity index (χ2n) is 3.98. The third-order valence-electron chi connectivity index (χ3n) is 2.66. The predicted molar refractivity (Wildman–Crippen MR) is 74.2 cm³/mol. The molecule has 98 valence electrons. The van der Waals surface area contributed by atoms with Crippen LogP contribution in [0.1, 0.15) is 5.56 Å². The van der Waals surface area contributed by atoms with Crippen LogP contribution in [0.2, 0.25) is 0 Å². The van der Waals surface area contributed by atoms with Crippen LogP contribution in [0, 0.1) is 10.1 Å². The molecule has 6 heteroatoms. The molecule has 0 unspecified atom stereocenters. The maximum Gasteiger partial charge on any atom is 0.273 e. The highest BCUT2D eigenvalue weighted by atomic mass is 16.6. The molecule has 0 saturated carbocycles. The second-order valence-corrected chi connectivity index (χ2v) is 3.98. The molecule has 2 N–H and O–H groups in total. The van der Waals surface area contributed by atoms with Crippen molar-refractivity contribution >= 4 is 17.1 Å². The van der Waals surface area contributed by atoms with E-state index in [2.05, 4.69) is 15.6 Å². The zero-order chi connectivity index (χ0) is 13.7. The summed E-state index contributed by atoms with van der Waals surface area (Å²) in [5.41, 5.74) is 2.53. The van der Waals surface area contributed by atoms with Crippen molar-refractivity contribution in [1.29, 1.82) is 0 Å². The van der Waals surface area contributed by atoms with Crippen molar-refractivity contribution in [3.63, 3.8) is 0 Å². The summed E-state index contributed by atoms with van der Waals surface area (Å²) in [7, 11) is 1.73. The lowest BCUT2D eigenvalue weighted by molar-refractivity contribution is -0.384. The van der Waals surface area contributed by atoms with Gasteiger partial charge in [-0.15, -0.1) is 0 Å². The molecular weight excluding hydrogens is 244 g/mol. The number of aromatic nitrogens is 1. The molecule has 0 aliphatic heterocycles. The Morgan fingerprint density at radius 3 is 2.53 bits per heavy atom. The number of hydrogen-bond acceptors (Lipinski definition) is 5. The van der Waals surface area contributed by atoms with Crippen LogP contribution in [0.4, 0.5) is 17.1 Å². The van der Waals surface area contributed by atoms with Crippen LogP contribution in [0.5, 0.6) is 0 Å². The third-order valence-corrected chi connectivity index (χ3v) is 2.66. The van der Waals surface area contributed by atoms with Crippen molar-refractivity contribution in [3.8, 4) is 0 Å². The van der Waals surface area contributed by atoms with Gasteiger partial charge in [-0.2, -0.15) is 0 Å². The Labute approximate surface area is 110 Å². The highest BCUT2D eigenvalue weighted by Crippen LogP contribution is 2.24. The molecule has 0 spiro atoms. The minimum atomic E-state index is -0.404. The first-order valence-corrected chi connectivity index (χ1v) is 5.79. The molecule has 0 atom stereocenters. The summed E-state index contributed by atoms with van der Waals surface area (Å²) in [6.07, 6.45) is 3.42. The van der Waals surface area contributed by atoms with Crippen molar-refractivity contribution in [3.05, 3.63) is 58.4 Å². The number of rotatable bonds is 5. The Bertz CT molecular complexity index is 572. The van der Waals surface area contributed by atoms with Gasteiger partial charge < -0.3 is 10.6 Å². The molecule has 0 radical (unpaired) electrons. The van der Waals surface area contributed by atoms with E-state index in [9.17, 15) is 10.1 Å². The van der Waals surface area contributed by atoms with Gasteiger partial charge in [0, 0.05) is 49.5 Å². The molecule has 2 aromatic rings. The largest absolute Gasteiger partial charge is 0.388 e. The van der Waals surface area contributed by atoms with Gasteiger partial charge in [-0.25, -0.2) is 0 Å². The van der Waals surface area contributed by atoms with E-state index in [1.807, 2.05) is 18.2 Å². The van der Waals surface area contributed by atoms with Gasteiger partial charge in [0.15, 0.2) is 0 Å². The minimum Gasteiger partial charge on any atom is -0.388 e. The summed E-state index contributed by atoms with van der Waals surface area (Å²) in [4.78, 5) is 14.4. The van der Waals surface area contributed by atoms with Crippen LogP contribution >= 0.6 is 0 Å². The average Bonchev–Trinajstić information content (AvgIpc) is 2.45. The Morgan fingerprint density at radius 2 is 1.89 bits per heavy atom. The number of hydrogen-bond donors (Lipinski definition) is 2. The molecular formula is C13H14N4O2. The molecule has 0 amide bonds. The molecule has 1 aromatic carbocycles. The van der Waals surface area contributed by atoms with Crippen molar-refractivity contribution in [2.75, 3.05) is 17.7 Å². The van der Waals surface area contributed by atoms with Gasteiger partial charge in [0.2, 0.25) is 0 Å². The lowest BCUT2D eigenvalue weighted by Gasteiger charge is -2.08. The molecule has 1 aromatic heterocycles. The highest BCUT2D eigenvalue weighted by molar-refractivity contribution is 5.63. The third kappa shape index (κ3) is 3.41. The van der Waals surface area contributed by atoms with Gasteiger partial charge in [0.25, 0.3) is 5.69 Å². The summed E-state index contributed by atoms with van der Waals surface area (Å²) in [6, 6.07) is 8.63. The zero-order valence-electron chi connectivity index (χ0n) is 10.5. The van der Waals surface area contributed by atoms with E-state index in [0.29, 0.717) is 17.9 Å². The van der Waals surface area contributed by atoms with Gasteiger partial charge in [-0.05, 0) is 23.8 Å². The van der Waals surface area contributed by atoms with Gasteiger partial charge in [0.05, 0.1) is 4.92 Å². The number of nitrogens with one attached hydrogen (secondary N) is 2. The average molecular weight is 258 g/mol. The van der Waals surface area contributed by atoms with Gasteiger partial charge in [-0.1, -0.05) is 0 Å². The van der Waals surface area contributed by atoms with Gasteiger partial charge >= 0.3 is 0 Å². The smallest absolute Gasteiger partial charge is 0.273 e. The van der Waals surface area contributed by atoms with Crippen LogP contribution in [0.15, 0.2) is 42.7 Å². The first kappa shape index (κ1) is 12.8. The zero-order valence-corrected chi connectivity index (χ0v) is 10.5. The molecule has 1 heterocycles. The lowest BCUT2D eigenvalue weighted by atomic mass is 10.2. The standard InChI is InChI=1S/C13H14N4O2/c1-14-11-6-12(8-13(7-11)17(18)19)16-9-10-2-4-15-5-3-10/h2-8,14,16H,9H2,1H3. The van der Waals surface area contributed by atoms with E-state index < -0.39 is 4.92 Å². The Morgan fingerprint density at radius 1 is 1.21 bits per heavy atom. The fraction of sp³-hybridized carbons (Fsp3) is 0.154. The summed E-state index contributed by atoms with van der Waals surface area (Å²) >= 11 is 0. The van der Waals surface area contributed by atoms with Crippen LogP contribution in [-0.2, 0) is 6.54 Å². The topological polar surface area (TPSA) is 80.1 Å². The molecule has 0 fully saturated rings. The SMILES string of the molecule is CNc1cc(NCc2ccncc2)cc([N+](=O)[O-])c1. The summed E-state index contributed by atoms with van der Waals surface area (Å²) in [5.74, 6) is 0. The van der Waals surface area contributed by atoms with Crippen molar-refractivity contribution < 1.29 is 4.92 Å². The number of benzene rings is 1. The monoisotopic (exact) mass is 258 g/mol. The Balaban J connectivity index is 2.15. The van der Waals surface area contributed by atoms with Crippen molar-refractivity contribution in [2.24, 2.45) is 0 Å². The van der Waals surface area contributed by atoms with E-state index in [1.165, 1.54) is 12.1 Å². The van der Waals surface area contributed by atoms with Crippen LogP contribution < -0.4 is 10.6 Å². The number of nitro groups is 1. The molecule has 0 aliphatic carbocycles. The molecule has 6 nitrogen and oxygen atoms in total. The normalized spacial score (nSPS) is 9.95. The molecule has 0 aliphatic rings. The number of anilines is 2. The number of nitrogens with zero attached hydrogens (tertiary/aromatic N) is 2. The Hall–Kier alpha value is -2.63. The quantitative estimate of drug-likeness (QED) is 0.636. The second kappa shape index (κ2) is 5.81. The van der Waals surface area contributed by atoms with E-state index in [0.717, 1.165) is 5.56 Å². The highest BCUT2D eigenvalue weighted by Gasteiger charge is 2.09. The predicted octanol–water partition coefficient (Wildman–Crippen LogP) is 2.64. The van der Waals surface area contributed by atoms with Crippen LogP contribution in [-0.4, -0.2) is 17.0 Å². The molecule has 2 rings (SSSR count).